The molecule has 0 spiro atoms. The van der Waals surface area contributed by atoms with Gasteiger partial charge in [-0.05, 0) is 25.8 Å². The summed E-state index contributed by atoms with van der Waals surface area (Å²) in [6.07, 6.45) is 10.7. The molecule has 3 atom stereocenters. The Kier molecular flexibility index (Phi) is 5.03. The molecule has 100 valence electrons. The number of rotatable bonds is 4. The molecule has 2 fully saturated rings. The largest absolute Gasteiger partial charge is 0.445 e. The van der Waals surface area contributed by atoms with Gasteiger partial charge in [0.2, 0.25) is 0 Å². The van der Waals surface area contributed by atoms with E-state index in [4.69, 9.17) is 8.85 Å². The van der Waals surface area contributed by atoms with E-state index in [1.165, 1.54) is 51.5 Å². The molecule has 0 aromatic heterocycles. The number of nitrogens with zero attached hydrogens (tertiary/aromatic N) is 1. The van der Waals surface area contributed by atoms with Gasteiger partial charge in [-0.1, -0.05) is 39.0 Å². The van der Waals surface area contributed by atoms with Crippen LogP contribution >= 0.6 is 0 Å². The van der Waals surface area contributed by atoms with E-state index in [0.29, 0.717) is 5.67 Å². The summed E-state index contributed by atoms with van der Waals surface area (Å²) >= 11 is 0. The average Bonchev–Trinajstić information content (AvgIpc) is 2.99. The van der Waals surface area contributed by atoms with Crippen LogP contribution in [0.5, 0.6) is 0 Å². The minimum Gasteiger partial charge on any atom is -0.385 e. The van der Waals surface area contributed by atoms with Crippen LogP contribution in [0.3, 0.4) is 0 Å². The summed E-state index contributed by atoms with van der Waals surface area (Å²) < 4.78 is 14.5. The molecule has 2 saturated heterocycles. The van der Waals surface area contributed by atoms with Crippen LogP contribution in [0, 0.1) is 0 Å². The minimum absolute atomic E-state index is 0.650. The molecule has 0 saturated carbocycles. The van der Waals surface area contributed by atoms with Crippen LogP contribution in [0.4, 0.5) is 0 Å². The topological polar surface area (TPSA) is 21.5 Å². The van der Waals surface area contributed by atoms with E-state index in [1.807, 2.05) is 7.11 Å². The summed E-state index contributed by atoms with van der Waals surface area (Å²) in [6.45, 7) is 4.25. The molecule has 2 heterocycles. The zero-order chi connectivity index (χ0) is 12.1. The van der Waals surface area contributed by atoms with E-state index in [1.54, 1.807) is 0 Å². The maximum absolute atomic E-state index is 6.12. The van der Waals surface area contributed by atoms with E-state index < -0.39 is 8.72 Å². The SMILES string of the molecule is CCCO[Si]1(OC)C2CCCCCCCCN21. The molecule has 0 aromatic carbocycles. The fourth-order valence-corrected chi connectivity index (χ4v) is 6.89. The van der Waals surface area contributed by atoms with Crippen molar-refractivity contribution in [2.75, 3.05) is 20.3 Å². The van der Waals surface area contributed by atoms with Crippen LogP contribution in [0.25, 0.3) is 0 Å². The van der Waals surface area contributed by atoms with Crippen molar-refractivity contribution in [2.24, 2.45) is 0 Å². The van der Waals surface area contributed by atoms with Gasteiger partial charge in [-0.3, -0.25) is 4.57 Å². The fourth-order valence-electron chi connectivity index (χ4n) is 3.08. The Morgan fingerprint density at radius 1 is 1.12 bits per heavy atom. The maximum Gasteiger partial charge on any atom is 0.445 e. The predicted octanol–water partition coefficient (Wildman–Crippen LogP) is 2.97. The highest BCUT2D eigenvalue weighted by Crippen LogP contribution is 2.42. The van der Waals surface area contributed by atoms with E-state index in [9.17, 15) is 0 Å². The van der Waals surface area contributed by atoms with Gasteiger partial charge in [-0.2, -0.15) is 0 Å². The Morgan fingerprint density at radius 2 is 1.82 bits per heavy atom. The lowest BCUT2D eigenvalue weighted by molar-refractivity contribution is 0.205. The molecule has 17 heavy (non-hydrogen) atoms. The lowest BCUT2D eigenvalue weighted by atomic mass is 10.1. The Bertz CT molecular complexity index is 221. The molecular formula is C13H27NO2Si. The van der Waals surface area contributed by atoms with Crippen molar-refractivity contribution in [3.8, 4) is 0 Å². The average molecular weight is 257 g/mol. The zero-order valence-corrected chi connectivity index (χ0v) is 12.4. The molecule has 3 unspecified atom stereocenters. The summed E-state index contributed by atoms with van der Waals surface area (Å²) in [7, 11) is -0.0648. The number of hydrogen-bond acceptors (Lipinski definition) is 3. The minimum atomic E-state index is -1.92. The van der Waals surface area contributed by atoms with Crippen LogP contribution in [0.15, 0.2) is 0 Å². The first kappa shape index (κ1) is 13.5. The molecule has 2 aliphatic rings. The van der Waals surface area contributed by atoms with Crippen LogP contribution in [-0.4, -0.2) is 39.2 Å². The molecule has 0 N–H and O–H groups in total. The van der Waals surface area contributed by atoms with Crippen molar-refractivity contribution < 1.29 is 8.85 Å². The fraction of sp³-hybridized carbons (Fsp3) is 1.00. The molecule has 0 radical (unpaired) electrons. The van der Waals surface area contributed by atoms with Crippen LogP contribution < -0.4 is 0 Å². The molecule has 4 heteroatoms. The molecule has 0 aromatic rings. The lowest BCUT2D eigenvalue weighted by Gasteiger charge is -2.13. The third-order valence-electron chi connectivity index (χ3n) is 4.06. The van der Waals surface area contributed by atoms with Crippen LogP contribution in [0.2, 0.25) is 0 Å². The highest BCUT2D eigenvalue weighted by atomic mass is 28.4. The second-order valence-corrected chi connectivity index (χ2v) is 8.50. The quantitative estimate of drug-likeness (QED) is 0.571. The standard InChI is InChI=1S/C13H27NO2Si/c1-3-12-16-17(15-2)13-10-8-6-4-5-7-9-11-14(13)17/h13H,3-12H2,1-2H3. The van der Waals surface area contributed by atoms with Crippen LogP contribution in [0.1, 0.15) is 58.3 Å². The van der Waals surface area contributed by atoms with E-state index >= 15 is 0 Å². The highest BCUT2D eigenvalue weighted by molar-refractivity contribution is 6.76. The van der Waals surface area contributed by atoms with Crippen molar-refractivity contribution in [2.45, 2.75) is 64.0 Å². The molecule has 0 bridgehead atoms. The highest BCUT2D eigenvalue weighted by Gasteiger charge is 2.69. The monoisotopic (exact) mass is 257 g/mol. The predicted molar refractivity (Wildman–Crippen MR) is 71.8 cm³/mol. The first-order valence-corrected chi connectivity index (χ1v) is 9.15. The maximum atomic E-state index is 6.12. The van der Waals surface area contributed by atoms with Crippen molar-refractivity contribution in [3.63, 3.8) is 0 Å². The van der Waals surface area contributed by atoms with Gasteiger partial charge in [0.15, 0.2) is 0 Å². The second kappa shape index (κ2) is 6.32. The third kappa shape index (κ3) is 2.92. The van der Waals surface area contributed by atoms with Crippen molar-refractivity contribution in [1.82, 2.24) is 4.57 Å². The summed E-state index contributed by atoms with van der Waals surface area (Å²) in [5.41, 5.74) is 0.650. The first-order chi connectivity index (χ1) is 8.35. The number of hydrogen-bond donors (Lipinski definition) is 0. The zero-order valence-electron chi connectivity index (χ0n) is 11.4. The Hall–Kier alpha value is 0.0969. The van der Waals surface area contributed by atoms with Crippen molar-refractivity contribution in [3.05, 3.63) is 0 Å². The second-order valence-electron chi connectivity index (χ2n) is 5.30. The number of fused-ring (bicyclic) bond motifs is 1. The molecule has 2 aliphatic heterocycles. The molecule has 0 aliphatic carbocycles. The van der Waals surface area contributed by atoms with Crippen LogP contribution in [-0.2, 0) is 8.85 Å². The normalized spacial score (nSPS) is 38.5. The van der Waals surface area contributed by atoms with E-state index in [2.05, 4.69) is 11.5 Å². The smallest absolute Gasteiger partial charge is 0.385 e. The van der Waals surface area contributed by atoms with Gasteiger partial charge in [-0.25, -0.2) is 0 Å². The van der Waals surface area contributed by atoms with E-state index in [-0.39, 0.29) is 0 Å². The third-order valence-corrected chi connectivity index (χ3v) is 7.78. The van der Waals surface area contributed by atoms with Crippen molar-refractivity contribution in [1.29, 1.82) is 0 Å². The lowest BCUT2D eigenvalue weighted by Crippen LogP contribution is -2.34. The summed E-state index contributed by atoms with van der Waals surface area (Å²) in [5, 5.41) is 0. The molecule has 3 nitrogen and oxygen atoms in total. The Balaban J connectivity index is 1.93. The summed E-state index contributed by atoms with van der Waals surface area (Å²) in [6, 6.07) is 0. The van der Waals surface area contributed by atoms with Crippen molar-refractivity contribution >= 4 is 8.72 Å². The Morgan fingerprint density at radius 3 is 2.53 bits per heavy atom. The molecule has 2 rings (SSSR count). The molecular weight excluding hydrogens is 230 g/mol. The molecule has 0 amide bonds. The first-order valence-electron chi connectivity index (χ1n) is 7.31. The van der Waals surface area contributed by atoms with E-state index in [0.717, 1.165) is 13.0 Å². The Labute approximate surface area is 107 Å². The summed E-state index contributed by atoms with van der Waals surface area (Å²) in [5.74, 6) is 0. The van der Waals surface area contributed by atoms with Gasteiger partial charge >= 0.3 is 8.72 Å². The van der Waals surface area contributed by atoms with Gasteiger partial charge in [-0.15, -0.1) is 0 Å². The van der Waals surface area contributed by atoms with Gasteiger partial charge in [0.1, 0.15) is 0 Å². The van der Waals surface area contributed by atoms with Gasteiger partial charge < -0.3 is 8.85 Å². The van der Waals surface area contributed by atoms with Gasteiger partial charge in [0, 0.05) is 13.7 Å². The summed E-state index contributed by atoms with van der Waals surface area (Å²) in [4.78, 5) is 0. The van der Waals surface area contributed by atoms with Gasteiger partial charge in [0.05, 0.1) is 5.67 Å². The van der Waals surface area contributed by atoms with Gasteiger partial charge in [0.25, 0.3) is 0 Å².